The Hall–Kier alpha value is -1.48. The molecule has 0 aliphatic rings. The van der Waals surface area contributed by atoms with Crippen LogP contribution in [0.15, 0.2) is 45.8 Å². The molecule has 3 nitrogen and oxygen atoms in total. The van der Waals surface area contributed by atoms with Crippen LogP contribution in [0.5, 0.6) is 0 Å². The maximum absolute atomic E-state index is 5.34. The van der Waals surface area contributed by atoms with Gasteiger partial charge in [0.25, 0.3) is 0 Å². The molecule has 2 aromatic heterocycles. The van der Waals surface area contributed by atoms with E-state index < -0.39 is 0 Å². The summed E-state index contributed by atoms with van der Waals surface area (Å²) in [5.41, 5.74) is 1.17. The van der Waals surface area contributed by atoms with Crippen LogP contribution in [0.4, 0.5) is 0 Å². The lowest BCUT2D eigenvalue weighted by atomic mass is 10.1. The molecule has 0 saturated carbocycles. The molecule has 2 heterocycles. The van der Waals surface area contributed by atoms with Gasteiger partial charge in [0.05, 0.1) is 24.8 Å². The van der Waals surface area contributed by atoms with Gasteiger partial charge >= 0.3 is 0 Å². The number of hydrogen-bond donors (Lipinski definition) is 1. The lowest BCUT2D eigenvalue weighted by molar-refractivity contribution is 0.428. The second-order valence-electron chi connectivity index (χ2n) is 3.19. The molecule has 2 rings (SSSR count). The molecule has 0 fully saturated rings. The molecule has 74 valence electrons. The Kier molecular flexibility index (Phi) is 2.70. The summed E-state index contributed by atoms with van der Waals surface area (Å²) in [6.45, 7) is 0. The maximum Gasteiger partial charge on any atom is 0.121 e. The van der Waals surface area contributed by atoms with Crippen LogP contribution in [-0.4, -0.2) is 7.05 Å². The van der Waals surface area contributed by atoms with Crippen LogP contribution in [0.1, 0.15) is 17.4 Å². The quantitative estimate of drug-likeness (QED) is 0.806. The molecular formula is C11H13NO2. The number of hydrogen-bond acceptors (Lipinski definition) is 3. The fraction of sp³-hybridized carbons (Fsp3) is 0.273. The van der Waals surface area contributed by atoms with Crippen LogP contribution in [0.2, 0.25) is 0 Å². The first-order chi connectivity index (χ1) is 6.90. The van der Waals surface area contributed by atoms with Crippen molar-refractivity contribution < 1.29 is 8.83 Å². The average Bonchev–Trinajstić information content (AvgIpc) is 2.86. The largest absolute Gasteiger partial charge is 0.472 e. The zero-order valence-electron chi connectivity index (χ0n) is 8.07. The Morgan fingerprint density at radius 2 is 2.29 bits per heavy atom. The Morgan fingerprint density at radius 1 is 1.36 bits per heavy atom. The zero-order valence-corrected chi connectivity index (χ0v) is 8.07. The summed E-state index contributed by atoms with van der Waals surface area (Å²) in [6.07, 6.45) is 6.01. The fourth-order valence-electron chi connectivity index (χ4n) is 1.48. The number of rotatable bonds is 4. The molecule has 0 saturated heterocycles. The van der Waals surface area contributed by atoms with E-state index in [2.05, 4.69) is 5.32 Å². The van der Waals surface area contributed by atoms with Gasteiger partial charge in [-0.2, -0.15) is 0 Å². The van der Waals surface area contributed by atoms with Crippen LogP contribution in [-0.2, 0) is 6.42 Å². The van der Waals surface area contributed by atoms with E-state index in [-0.39, 0.29) is 6.04 Å². The molecule has 1 N–H and O–H groups in total. The van der Waals surface area contributed by atoms with Gasteiger partial charge in [0.2, 0.25) is 0 Å². The highest BCUT2D eigenvalue weighted by atomic mass is 16.3. The molecule has 0 amide bonds. The smallest absolute Gasteiger partial charge is 0.121 e. The molecule has 0 radical (unpaired) electrons. The van der Waals surface area contributed by atoms with E-state index >= 15 is 0 Å². The van der Waals surface area contributed by atoms with Gasteiger partial charge in [0, 0.05) is 0 Å². The first-order valence-corrected chi connectivity index (χ1v) is 4.62. The van der Waals surface area contributed by atoms with E-state index in [1.807, 2.05) is 25.2 Å². The lowest BCUT2D eigenvalue weighted by Crippen LogP contribution is -2.17. The van der Waals surface area contributed by atoms with E-state index in [1.165, 1.54) is 5.56 Å². The Morgan fingerprint density at radius 3 is 2.86 bits per heavy atom. The fourth-order valence-corrected chi connectivity index (χ4v) is 1.48. The molecule has 3 heteroatoms. The maximum atomic E-state index is 5.34. The summed E-state index contributed by atoms with van der Waals surface area (Å²) in [4.78, 5) is 0. The van der Waals surface area contributed by atoms with Gasteiger partial charge in [-0.15, -0.1) is 0 Å². The van der Waals surface area contributed by atoms with Crippen LogP contribution in [0.3, 0.4) is 0 Å². The zero-order chi connectivity index (χ0) is 9.80. The van der Waals surface area contributed by atoms with Crippen molar-refractivity contribution in [1.82, 2.24) is 5.32 Å². The molecule has 1 unspecified atom stereocenters. The van der Waals surface area contributed by atoms with Crippen molar-refractivity contribution >= 4 is 0 Å². The minimum atomic E-state index is 0.211. The van der Waals surface area contributed by atoms with Crippen molar-refractivity contribution in [2.45, 2.75) is 12.5 Å². The van der Waals surface area contributed by atoms with Crippen LogP contribution in [0, 0.1) is 0 Å². The monoisotopic (exact) mass is 191 g/mol. The normalized spacial score (nSPS) is 12.9. The summed E-state index contributed by atoms with van der Waals surface area (Å²) >= 11 is 0. The van der Waals surface area contributed by atoms with E-state index in [0.29, 0.717) is 0 Å². The molecule has 0 spiro atoms. The van der Waals surface area contributed by atoms with E-state index in [1.54, 1.807) is 18.8 Å². The van der Waals surface area contributed by atoms with Crippen molar-refractivity contribution in [2.24, 2.45) is 0 Å². The Bertz CT molecular complexity index is 351. The van der Waals surface area contributed by atoms with Crippen molar-refractivity contribution in [1.29, 1.82) is 0 Å². The van der Waals surface area contributed by atoms with E-state index in [0.717, 1.165) is 12.2 Å². The molecule has 1 atom stereocenters. The van der Waals surface area contributed by atoms with Crippen molar-refractivity contribution in [3.05, 3.63) is 48.3 Å². The summed E-state index contributed by atoms with van der Waals surface area (Å²) in [7, 11) is 1.92. The second kappa shape index (κ2) is 4.15. The first-order valence-electron chi connectivity index (χ1n) is 4.62. The van der Waals surface area contributed by atoms with Gasteiger partial charge in [-0.05, 0) is 37.2 Å². The summed E-state index contributed by atoms with van der Waals surface area (Å²) in [6, 6.07) is 6.05. The topological polar surface area (TPSA) is 38.3 Å². The molecule has 0 aliphatic heterocycles. The summed E-state index contributed by atoms with van der Waals surface area (Å²) < 4.78 is 10.4. The molecule has 2 aromatic rings. The van der Waals surface area contributed by atoms with Crippen molar-refractivity contribution in [2.75, 3.05) is 7.05 Å². The molecule has 0 bridgehead atoms. The van der Waals surface area contributed by atoms with E-state index in [9.17, 15) is 0 Å². The third-order valence-electron chi connectivity index (χ3n) is 2.26. The lowest BCUT2D eigenvalue weighted by Gasteiger charge is -2.11. The van der Waals surface area contributed by atoms with Gasteiger partial charge in [0.1, 0.15) is 5.76 Å². The van der Waals surface area contributed by atoms with Crippen LogP contribution < -0.4 is 5.32 Å². The molecule has 0 aliphatic carbocycles. The standard InChI is InChI=1S/C11H13NO2/c1-12-10(11-3-2-5-14-11)7-9-4-6-13-8-9/h2-6,8,10,12H,7H2,1H3. The van der Waals surface area contributed by atoms with Crippen molar-refractivity contribution in [3.63, 3.8) is 0 Å². The van der Waals surface area contributed by atoms with Gasteiger partial charge in [0.15, 0.2) is 0 Å². The number of furan rings is 2. The van der Waals surface area contributed by atoms with Gasteiger partial charge in [-0.25, -0.2) is 0 Å². The molecular weight excluding hydrogens is 178 g/mol. The van der Waals surface area contributed by atoms with Gasteiger partial charge < -0.3 is 14.2 Å². The van der Waals surface area contributed by atoms with Crippen LogP contribution >= 0.6 is 0 Å². The minimum Gasteiger partial charge on any atom is -0.472 e. The number of nitrogens with one attached hydrogen (secondary N) is 1. The Labute approximate surface area is 82.7 Å². The summed E-state index contributed by atoms with van der Waals surface area (Å²) in [5.74, 6) is 0.953. The highest BCUT2D eigenvalue weighted by Gasteiger charge is 2.12. The predicted molar refractivity (Wildman–Crippen MR) is 52.9 cm³/mol. The van der Waals surface area contributed by atoms with Crippen LogP contribution in [0.25, 0.3) is 0 Å². The number of likely N-dealkylation sites (N-methyl/N-ethyl adjacent to an activating group) is 1. The third kappa shape index (κ3) is 1.88. The highest BCUT2D eigenvalue weighted by molar-refractivity contribution is 5.13. The van der Waals surface area contributed by atoms with E-state index in [4.69, 9.17) is 8.83 Å². The SMILES string of the molecule is CNC(Cc1ccoc1)c1ccco1. The third-order valence-corrected chi connectivity index (χ3v) is 2.26. The minimum absolute atomic E-state index is 0.211. The van der Waals surface area contributed by atoms with Gasteiger partial charge in [-0.1, -0.05) is 0 Å². The Balaban J connectivity index is 2.08. The average molecular weight is 191 g/mol. The van der Waals surface area contributed by atoms with Crippen molar-refractivity contribution in [3.8, 4) is 0 Å². The summed E-state index contributed by atoms with van der Waals surface area (Å²) in [5, 5.41) is 3.21. The second-order valence-corrected chi connectivity index (χ2v) is 3.19. The molecule has 14 heavy (non-hydrogen) atoms. The van der Waals surface area contributed by atoms with Gasteiger partial charge in [-0.3, -0.25) is 0 Å². The highest BCUT2D eigenvalue weighted by Crippen LogP contribution is 2.18. The molecule has 0 aromatic carbocycles. The predicted octanol–water partition coefficient (Wildman–Crippen LogP) is 2.38. The first kappa shape index (κ1) is 9.09.